The van der Waals surface area contributed by atoms with Crippen LogP contribution in [0.1, 0.15) is 43.4 Å². The number of likely N-dealkylation sites (tertiary alicyclic amines) is 1. The maximum absolute atomic E-state index is 13.1. The molecule has 0 bridgehead atoms. The molecule has 6 nitrogen and oxygen atoms in total. The summed E-state index contributed by atoms with van der Waals surface area (Å²) in [5.74, 6) is -1.12. The van der Waals surface area contributed by atoms with Crippen LogP contribution in [0.25, 0.3) is 5.76 Å². The molecule has 8 heteroatoms. The number of ketones is 1. The number of hydrogen-bond donors (Lipinski definition) is 1. The molecular weight excluding hydrogens is 465 g/mol. The molecule has 1 unspecified atom stereocenters. The van der Waals surface area contributed by atoms with Gasteiger partial charge in [0.2, 0.25) is 0 Å². The molecule has 33 heavy (non-hydrogen) atoms. The smallest absolute Gasteiger partial charge is 0.295 e. The molecule has 176 valence electrons. The molecule has 1 saturated heterocycles. The number of nitrogens with zero attached hydrogens (tertiary/aromatic N) is 1. The Morgan fingerprint density at radius 3 is 2.55 bits per heavy atom. The molecule has 1 aliphatic rings. The van der Waals surface area contributed by atoms with Gasteiger partial charge in [-0.2, -0.15) is 0 Å². The number of unbranched alkanes of at least 4 members (excludes halogenated alkanes) is 1. The van der Waals surface area contributed by atoms with E-state index in [0.29, 0.717) is 46.6 Å². The number of ether oxygens (including phenoxy) is 2. The Hall–Kier alpha value is -2.54. The molecule has 1 amide bonds. The standard InChI is InChI=1S/C25H27Cl2NO5/c1-3-4-13-33-18-8-5-7-17(14-18)23(29)21-22(16-9-10-19(26)20(27)15-16)28(11-6-12-32-2)25(31)24(21)30/h5,7-10,14-15,22,29H,3-4,6,11-13H2,1-2H3. The number of carbonyl (C=O) groups excluding carboxylic acids is 2. The first-order valence-electron chi connectivity index (χ1n) is 10.8. The van der Waals surface area contributed by atoms with Crippen molar-refractivity contribution in [3.8, 4) is 5.75 Å². The number of halogens is 2. The summed E-state index contributed by atoms with van der Waals surface area (Å²) in [7, 11) is 1.57. The van der Waals surface area contributed by atoms with Crippen LogP contribution in [0.3, 0.4) is 0 Å². The van der Waals surface area contributed by atoms with Gasteiger partial charge in [-0.3, -0.25) is 9.59 Å². The van der Waals surface area contributed by atoms with Crippen LogP contribution in [0.4, 0.5) is 0 Å². The van der Waals surface area contributed by atoms with Gasteiger partial charge < -0.3 is 19.5 Å². The van der Waals surface area contributed by atoms with Crippen molar-refractivity contribution in [2.24, 2.45) is 0 Å². The lowest BCUT2D eigenvalue weighted by molar-refractivity contribution is -0.140. The Kier molecular flexibility index (Phi) is 8.78. The van der Waals surface area contributed by atoms with Crippen LogP contribution < -0.4 is 4.74 Å². The lowest BCUT2D eigenvalue weighted by Gasteiger charge is -2.25. The van der Waals surface area contributed by atoms with Gasteiger partial charge in [0.05, 0.1) is 28.3 Å². The molecule has 0 spiro atoms. The molecular formula is C25H27Cl2NO5. The van der Waals surface area contributed by atoms with Gasteiger partial charge in [-0.05, 0) is 42.7 Å². The third-order valence-corrected chi connectivity index (χ3v) is 6.16. The normalized spacial score (nSPS) is 17.6. The van der Waals surface area contributed by atoms with Crippen LogP contribution in [0.5, 0.6) is 5.75 Å². The van der Waals surface area contributed by atoms with E-state index in [1.54, 1.807) is 49.6 Å². The van der Waals surface area contributed by atoms with Gasteiger partial charge in [0, 0.05) is 25.8 Å². The molecule has 0 radical (unpaired) electrons. The zero-order valence-corrected chi connectivity index (χ0v) is 20.2. The van der Waals surface area contributed by atoms with Crippen molar-refractivity contribution in [1.29, 1.82) is 0 Å². The minimum atomic E-state index is -0.804. The van der Waals surface area contributed by atoms with Crippen molar-refractivity contribution < 1.29 is 24.2 Å². The van der Waals surface area contributed by atoms with Crippen LogP contribution in [0, 0.1) is 0 Å². The van der Waals surface area contributed by atoms with Crippen molar-refractivity contribution in [3.63, 3.8) is 0 Å². The van der Waals surface area contributed by atoms with Gasteiger partial charge >= 0.3 is 0 Å². The second-order valence-corrected chi connectivity index (χ2v) is 8.56. The molecule has 1 heterocycles. The zero-order chi connectivity index (χ0) is 24.0. The fraction of sp³-hybridized carbons (Fsp3) is 0.360. The highest BCUT2D eigenvalue weighted by atomic mass is 35.5. The number of hydrogen-bond acceptors (Lipinski definition) is 5. The lowest BCUT2D eigenvalue weighted by atomic mass is 9.95. The van der Waals surface area contributed by atoms with E-state index >= 15 is 0 Å². The van der Waals surface area contributed by atoms with Crippen LogP contribution >= 0.6 is 23.2 Å². The number of benzene rings is 2. The fourth-order valence-electron chi connectivity index (χ4n) is 3.74. The SMILES string of the molecule is CCCCOc1cccc(C(O)=C2C(=O)C(=O)N(CCCOC)C2c2ccc(Cl)c(Cl)c2)c1. The third-order valence-electron chi connectivity index (χ3n) is 5.42. The van der Waals surface area contributed by atoms with E-state index in [9.17, 15) is 14.7 Å². The number of carbonyl (C=O) groups is 2. The van der Waals surface area contributed by atoms with Crippen molar-refractivity contribution in [1.82, 2.24) is 4.90 Å². The highest BCUT2D eigenvalue weighted by Crippen LogP contribution is 2.41. The predicted octanol–water partition coefficient (Wildman–Crippen LogP) is 5.63. The van der Waals surface area contributed by atoms with E-state index in [1.165, 1.54) is 4.90 Å². The Bertz CT molecular complexity index is 1050. The van der Waals surface area contributed by atoms with Gasteiger partial charge in [0.15, 0.2) is 0 Å². The number of amides is 1. The topological polar surface area (TPSA) is 76.1 Å². The first-order valence-corrected chi connectivity index (χ1v) is 11.6. The number of methoxy groups -OCH3 is 1. The molecule has 0 aliphatic carbocycles. The highest BCUT2D eigenvalue weighted by Gasteiger charge is 2.45. The van der Waals surface area contributed by atoms with Crippen molar-refractivity contribution >= 4 is 40.7 Å². The van der Waals surface area contributed by atoms with Crippen LogP contribution in [-0.2, 0) is 14.3 Å². The molecule has 3 rings (SSSR count). The highest BCUT2D eigenvalue weighted by molar-refractivity contribution is 6.46. The Morgan fingerprint density at radius 2 is 1.85 bits per heavy atom. The summed E-state index contributed by atoms with van der Waals surface area (Å²) >= 11 is 12.3. The van der Waals surface area contributed by atoms with E-state index in [4.69, 9.17) is 32.7 Å². The number of aliphatic hydroxyl groups excluding tert-OH is 1. The molecule has 1 aliphatic heterocycles. The van der Waals surface area contributed by atoms with Crippen LogP contribution in [0.15, 0.2) is 48.0 Å². The quantitative estimate of drug-likeness (QED) is 0.201. The molecule has 1 atom stereocenters. The Labute approximate surface area is 203 Å². The average Bonchev–Trinajstić information content (AvgIpc) is 3.06. The van der Waals surface area contributed by atoms with Gasteiger partial charge in [0.1, 0.15) is 11.5 Å². The molecule has 2 aromatic carbocycles. The van der Waals surface area contributed by atoms with E-state index in [2.05, 4.69) is 6.92 Å². The van der Waals surface area contributed by atoms with Crippen molar-refractivity contribution in [2.75, 3.05) is 26.9 Å². The Balaban J connectivity index is 2.07. The first-order chi connectivity index (χ1) is 15.9. The molecule has 1 N–H and O–H groups in total. The van der Waals surface area contributed by atoms with Gasteiger partial charge in [0.25, 0.3) is 11.7 Å². The lowest BCUT2D eigenvalue weighted by Crippen LogP contribution is -2.31. The number of rotatable bonds is 10. The van der Waals surface area contributed by atoms with Gasteiger partial charge in [-0.1, -0.05) is 54.7 Å². The van der Waals surface area contributed by atoms with Crippen molar-refractivity contribution in [2.45, 2.75) is 32.2 Å². The predicted molar refractivity (Wildman–Crippen MR) is 129 cm³/mol. The Morgan fingerprint density at radius 1 is 1.06 bits per heavy atom. The second-order valence-electron chi connectivity index (χ2n) is 7.74. The van der Waals surface area contributed by atoms with Gasteiger partial charge in [-0.15, -0.1) is 0 Å². The summed E-state index contributed by atoms with van der Waals surface area (Å²) in [6.07, 6.45) is 2.43. The largest absolute Gasteiger partial charge is 0.507 e. The van der Waals surface area contributed by atoms with Crippen LogP contribution in [0.2, 0.25) is 10.0 Å². The maximum Gasteiger partial charge on any atom is 0.295 e. The zero-order valence-electron chi connectivity index (χ0n) is 18.6. The summed E-state index contributed by atoms with van der Waals surface area (Å²) in [5.41, 5.74) is 0.975. The van der Waals surface area contributed by atoms with Gasteiger partial charge in [-0.25, -0.2) is 0 Å². The molecule has 0 aromatic heterocycles. The number of Topliss-reactive ketones (excluding diaryl/α,β-unsaturated/α-hetero) is 1. The summed E-state index contributed by atoms with van der Waals surface area (Å²) in [5, 5.41) is 11.8. The molecule has 2 aromatic rings. The summed E-state index contributed by atoms with van der Waals surface area (Å²) in [6.45, 7) is 3.32. The first kappa shape index (κ1) is 25.1. The minimum Gasteiger partial charge on any atom is -0.507 e. The maximum atomic E-state index is 13.1. The molecule has 0 saturated carbocycles. The summed E-state index contributed by atoms with van der Waals surface area (Å²) in [6, 6.07) is 11.0. The number of aliphatic hydroxyl groups is 1. The summed E-state index contributed by atoms with van der Waals surface area (Å²) in [4.78, 5) is 27.4. The molecule has 1 fully saturated rings. The van der Waals surface area contributed by atoms with E-state index in [1.807, 2.05) is 0 Å². The van der Waals surface area contributed by atoms with E-state index in [-0.39, 0.29) is 17.9 Å². The monoisotopic (exact) mass is 491 g/mol. The second kappa shape index (κ2) is 11.5. The van der Waals surface area contributed by atoms with E-state index in [0.717, 1.165) is 12.8 Å². The average molecular weight is 492 g/mol. The van der Waals surface area contributed by atoms with Crippen molar-refractivity contribution in [3.05, 3.63) is 69.2 Å². The minimum absolute atomic E-state index is 0.00140. The van der Waals surface area contributed by atoms with Crippen LogP contribution in [-0.4, -0.2) is 48.6 Å². The van der Waals surface area contributed by atoms with E-state index < -0.39 is 17.7 Å². The summed E-state index contributed by atoms with van der Waals surface area (Å²) < 4.78 is 10.8. The fourth-order valence-corrected chi connectivity index (χ4v) is 4.05. The third kappa shape index (κ3) is 5.69.